The topological polar surface area (TPSA) is 69.6 Å². The first-order valence-electron chi connectivity index (χ1n) is 7.17. The van der Waals surface area contributed by atoms with Crippen LogP contribution in [0, 0.1) is 0 Å². The SMILES string of the molecule is CCN(CC)C(=O)CN(C)c1nnc(-c2ccc(O)cc2)s1. The molecule has 0 aliphatic heterocycles. The molecule has 0 radical (unpaired) electrons. The molecule has 0 fully saturated rings. The van der Waals surface area contributed by atoms with Crippen LogP contribution in [0.1, 0.15) is 13.8 Å². The van der Waals surface area contributed by atoms with Crippen LogP contribution >= 0.6 is 11.3 Å². The fourth-order valence-electron chi connectivity index (χ4n) is 2.04. The molecule has 0 saturated heterocycles. The first-order valence-corrected chi connectivity index (χ1v) is 7.98. The lowest BCUT2D eigenvalue weighted by Crippen LogP contribution is -2.38. The number of nitrogens with zero attached hydrogens (tertiary/aromatic N) is 4. The van der Waals surface area contributed by atoms with Gasteiger partial charge in [-0.3, -0.25) is 4.79 Å². The van der Waals surface area contributed by atoms with Gasteiger partial charge in [0.25, 0.3) is 0 Å². The average Bonchev–Trinajstić information content (AvgIpc) is 2.99. The normalized spacial score (nSPS) is 10.5. The molecule has 1 heterocycles. The third-order valence-corrected chi connectivity index (χ3v) is 4.43. The number of aromatic nitrogens is 2. The molecule has 1 aromatic heterocycles. The lowest BCUT2D eigenvalue weighted by molar-refractivity contribution is -0.129. The molecule has 2 rings (SSSR count). The molecule has 0 spiro atoms. The second-order valence-electron chi connectivity index (χ2n) is 4.86. The van der Waals surface area contributed by atoms with Crippen molar-refractivity contribution in [2.75, 3.05) is 31.6 Å². The summed E-state index contributed by atoms with van der Waals surface area (Å²) in [5.74, 6) is 0.296. The standard InChI is InChI=1S/C15H20N4O2S/c1-4-19(5-2)13(21)10-18(3)15-17-16-14(22-15)11-6-8-12(20)9-7-11/h6-9,20H,4-5,10H2,1-3H3. The van der Waals surface area contributed by atoms with E-state index in [1.165, 1.54) is 11.3 Å². The van der Waals surface area contributed by atoms with Gasteiger partial charge < -0.3 is 14.9 Å². The van der Waals surface area contributed by atoms with Gasteiger partial charge in [-0.15, -0.1) is 10.2 Å². The van der Waals surface area contributed by atoms with Gasteiger partial charge in [0, 0.05) is 25.7 Å². The molecule has 0 aliphatic rings. The van der Waals surface area contributed by atoms with Crippen molar-refractivity contribution in [2.45, 2.75) is 13.8 Å². The largest absolute Gasteiger partial charge is 0.508 e. The predicted octanol–water partition coefficient (Wildman–Crippen LogP) is 2.22. The Morgan fingerprint density at radius 1 is 1.18 bits per heavy atom. The second kappa shape index (κ2) is 7.22. The maximum absolute atomic E-state index is 12.1. The number of hydrogen-bond acceptors (Lipinski definition) is 6. The summed E-state index contributed by atoms with van der Waals surface area (Å²) in [7, 11) is 1.84. The smallest absolute Gasteiger partial charge is 0.242 e. The Balaban J connectivity index is 2.07. The number of aromatic hydroxyl groups is 1. The third-order valence-electron chi connectivity index (χ3n) is 3.34. The lowest BCUT2D eigenvalue weighted by atomic mass is 10.2. The predicted molar refractivity (Wildman–Crippen MR) is 88.2 cm³/mol. The summed E-state index contributed by atoms with van der Waals surface area (Å²) in [6.45, 7) is 5.63. The van der Waals surface area contributed by atoms with Crippen LogP contribution in [-0.4, -0.2) is 52.8 Å². The molecule has 1 aromatic carbocycles. The van der Waals surface area contributed by atoms with E-state index in [4.69, 9.17) is 0 Å². The van der Waals surface area contributed by atoms with Crippen molar-refractivity contribution in [2.24, 2.45) is 0 Å². The Bertz CT molecular complexity index is 623. The van der Waals surface area contributed by atoms with Crippen LogP contribution in [0.3, 0.4) is 0 Å². The van der Waals surface area contributed by atoms with Crippen molar-refractivity contribution in [3.8, 4) is 16.3 Å². The highest BCUT2D eigenvalue weighted by molar-refractivity contribution is 7.18. The van der Waals surface area contributed by atoms with Crippen molar-refractivity contribution in [3.63, 3.8) is 0 Å². The van der Waals surface area contributed by atoms with Gasteiger partial charge in [0.15, 0.2) is 0 Å². The maximum atomic E-state index is 12.1. The van der Waals surface area contributed by atoms with Crippen LogP contribution in [0.5, 0.6) is 5.75 Å². The van der Waals surface area contributed by atoms with E-state index < -0.39 is 0 Å². The highest BCUT2D eigenvalue weighted by Crippen LogP contribution is 2.29. The van der Waals surface area contributed by atoms with E-state index in [2.05, 4.69) is 10.2 Å². The van der Waals surface area contributed by atoms with E-state index in [9.17, 15) is 9.90 Å². The van der Waals surface area contributed by atoms with Gasteiger partial charge in [-0.25, -0.2) is 0 Å². The number of likely N-dealkylation sites (N-methyl/N-ethyl adjacent to an activating group) is 2. The molecule has 1 N–H and O–H groups in total. The van der Waals surface area contributed by atoms with Crippen LogP contribution in [0.25, 0.3) is 10.6 Å². The lowest BCUT2D eigenvalue weighted by Gasteiger charge is -2.22. The number of carbonyl (C=O) groups excluding carboxylic acids is 1. The summed E-state index contributed by atoms with van der Waals surface area (Å²) in [5, 5.41) is 19.1. The number of carbonyl (C=O) groups is 1. The molecule has 2 aromatic rings. The van der Waals surface area contributed by atoms with Crippen LogP contribution in [0.4, 0.5) is 5.13 Å². The molecule has 22 heavy (non-hydrogen) atoms. The number of phenolic OH excluding ortho intramolecular Hbond substituents is 1. The Morgan fingerprint density at radius 3 is 2.41 bits per heavy atom. The molecule has 0 saturated carbocycles. The minimum absolute atomic E-state index is 0.0777. The monoisotopic (exact) mass is 320 g/mol. The zero-order valence-corrected chi connectivity index (χ0v) is 13.8. The summed E-state index contributed by atoms with van der Waals surface area (Å²) in [6, 6.07) is 6.81. The molecule has 0 atom stereocenters. The van der Waals surface area contributed by atoms with Gasteiger partial charge in [0.05, 0.1) is 6.54 Å². The van der Waals surface area contributed by atoms with Crippen LogP contribution < -0.4 is 4.90 Å². The first-order chi connectivity index (χ1) is 10.5. The molecule has 0 unspecified atom stereocenters. The summed E-state index contributed by atoms with van der Waals surface area (Å²) in [6.07, 6.45) is 0. The molecular formula is C15H20N4O2S. The van der Waals surface area contributed by atoms with Crippen molar-refractivity contribution in [1.29, 1.82) is 0 Å². The Kier molecular flexibility index (Phi) is 5.32. The Morgan fingerprint density at radius 2 is 1.82 bits per heavy atom. The number of phenols is 1. The molecule has 118 valence electrons. The van der Waals surface area contributed by atoms with E-state index >= 15 is 0 Å². The zero-order valence-electron chi connectivity index (χ0n) is 13.0. The first kappa shape index (κ1) is 16.2. The highest BCUT2D eigenvalue weighted by Gasteiger charge is 2.16. The van der Waals surface area contributed by atoms with Crippen LogP contribution in [0.2, 0.25) is 0 Å². The van der Waals surface area contributed by atoms with Crippen molar-refractivity contribution in [1.82, 2.24) is 15.1 Å². The van der Waals surface area contributed by atoms with E-state index in [1.54, 1.807) is 29.2 Å². The van der Waals surface area contributed by atoms with E-state index in [0.717, 1.165) is 10.6 Å². The number of anilines is 1. The van der Waals surface area contributed by atoms with Gasteiger partial charge >= 0.3 is 0 Å². The van der Waals surface area contributed by atoms with Crippen molar-refractivity contribution < 1.29 is 9.90 Å². The zero-order chi connectivity index (χ0) is 16.1. The molecule has 0 bridgehead atoms. The van der Waals surface area contributed by atoms with Gasteiger partial charge in [0.2, 0.25) is 11.0 Å². The average molecular weight is 320 g/mol. The van der Waals surface area contributed by atoms with E-state index in [1.807, 2.05) is 25.8 Å². The van der Waals surface area contributed by atoms with Gasteiger partial charge in [-0.05, 0) is 38.1 Å². The van der Waals surface area contributed by atoms with Crippen LogP contribution in [-0.2, 0) is 4.79 Å². The number of amides is 1. The quantitative estimate of drug-likeness (QED) is 0.884. The number of rotatable bonds is 6. The maximum Gasteiger partial charge on any atom is 0.242 e. The molecule has 6 nitrogen and oxygen atoms in total. The van der Waals surface area contributed by atoms with Gasteiger partial charge in [-0.2, -0.15) is 0 Å². The molecular weight excluding hydrogens is 300 g/mol. The Labute approximate surface area is 134 Å². The summed E-state index contributed by atoms with van der Waals surface area (Å²) >= 11 is 1.42. The fraction of sp³-hybridized carbons (Fsp3) is 0.400. The summed E-state index contributed by atoms with van der Waals surface area (Å²) in [5.41, 5.74) is 0.894. The number of hydrogen-bond donors (Lipinski definition) is 1. The Hall–Kier alpha value is -2.15. The van der Waals surface area contributed by atoms with Crippen LogP contribution in [0.15, 0.2) is 24.3 Å². The van der Waals surface area contributed by atoms with Gasteiger partial charge in [0.1, 0.15) is 10.8 Å². The number of benzene rings is 1. The van der Waals surface area contributed by atoms with Crippen molar-refractivity contribution in [3.05, 3.63) is 24.3 Å². The molecule has 0 aliphatic carbocycles. The molecule has 1 amide bonds. The third kappa shape index (κ3) is 3.73. The fourth-order valence-corrected chi connectivity index (χ4v) is 2.85. The van der Waals surface area contributed by atoms with Gasteiger partial charge in [-0.1, -0.05) is 11.3 Å². The highest BCUT2D eigenvalue weighted by atomic mass is 32.1. The summed E-state index contributed by atoms with van der Waals surface area (Å²) in [4.78, 5) is 15.7. The molecule has 7 heteroatoms. The second-order valence-corrected chi connectivity index (χ2v) is 5.81. The van der Waals surface area contributed by atoms with E-state index in [0.29, 0.717) is 18.2 Å². The van der Waals surface area contributed by atoms with Crippen molar-refractivity contribution >= 4 is 22.4 Å². The minimum atomic E-state index is 0.0777. The summed E-state index contributed by atoms with van der Waals surface area (Å²) < 4.78 is 0. The minimum Gasteiger partial charge on any atom is -0.508 e. The van der Waals surface area contributed by atoms with E-state index in [-0.39, 0.29) is 18.2 Å².